The van der Waals surface area contributed by atoms with Gasteiger partial charge in [-0.25, -0.2) is 4.98 Å². The van der Waals surface area contributed by atoms with E-state index < -0.39 is 0 Å². The number of halogens is 1. The van der Waals surface area contributed by atoms with Crippen LogP contribution in [0.2, 0.25) is 0 Å². The predicted octanol–water partition coefficient (Wildman–Crippen LogP) is 3.54. The molecule has 0 aliphatic heterocycles. The van der Waals surface area contributed by atoms with Gasteiger partial charge in [-0.15, -0.1) is 22.9 Å². The molecular formula is C12H9ClN2O2S. The Labute approximate surface area is 111 Å². The molecule has 3 aromatic rings. The fourth-order valence-electron chi connectivity index (χ4n) is 1.77. The first kappa shape index (κ1) is 11.5. The number of aromatic amines is 1. The fourth-order valence-corrected chi connectivity index (χ4v) is 2.81. The average Bonchev–Trinajstić information content (AvgIpc) is 2.96. The summed E-state index contributed by atoms with van der Waals surface area (Å²) in [5.74, 6) is 1.15. The number of H-pyrrole nitrogens is 1. The maximum atomic E-state index is 12.1. The molecule has 0 spiro atoms. The second kappa shape index (κ2) is 4.26. The molecule has 0 amide bonds. The monoisotopic (exact) mass is 280 g/mol. The minimum atomic E-state index is -0.323. The number of nitrogens with one attached hydrogen (secondary N) is 1. The predicted molar refractivity (Wildman–Crippen MR) is 72.2 cm³/mol. The molecule has 0 radical (unpaired) electrons. The Hall–Kier alpha value is -1.59. The molecule has 92 valence electrons. The van der Waals surface area contributed by atoms with Crippen LogP contribution in [0.15, 0.2) is 33.0 Å². The van der Waals surface area contributed by atoms with Gasteiger partial charge >= 0.3 is 0 Å². The number of thiophene rings is 1. The van der Waals surface area contributed by atoms with Crippen LogP contribution in [0.25, 0.3) is 21.5 Å². The molecule has 3 heterocycles. The lowest BCUT2D eigenvalue weighted by molar-refractivity contribution is 0.583. The van der Waals surface area contributed by atoms with Gasteiger partial charge in [0.2, 0.25) is 0 Å². The van der Waals surface area contributed by atoms with Crippen molar-refractivity contribution >= 4 is 33.2 Å². The van der Waals surface area contributed by atoms with Crippen molar-refractivity contribution in [2.24, 2.45) is 0 Å². The van der Waals surface area contributed by atoms with E-state index in [1.165, 1.54) is 11.3 Å². The van der Waals surface area contributed by atoms with E-state index in [0.717, 1.165) is 5.56 Å². The first-order valence-corrected chi connectivity index (χ1v) is 6.68. The molecule has 0 aliphatic rings. The van der Waals surface area contributed by atoms with Gasteiger partial charge in [-0.1, -0.05) is 0 Å². The molecule has 0 aromatic carbocycles. The van der Waals surface area contributed by atoms with Gasteiger partial charge in [-0.2, -0.15) is 0 Å². The van der Waals surface area contributed by atoms with Crippen molar-refractivity contribution in [3.63, 3.8) is 0 Å². The Morgan fingerprint density at radius 1 is 1.56 bits per heavy atom. The fraction of sp³-hybridized carbons (Fsp3) is 0.167. The number of furan rings is 1. The number of hydrogen-bond acceptors (Lipinski definition) is 4. The van der Waals surface area contributed by atoms with E-state index in [-0.39, 0.29) is 10.9 Å². The van der Waals surface area contributed by atoms with E-state index in [0.29, 0.717) is 21.8 Å². The van der Waals surface area contributed by atoms with E-state index in [1.54, 1.807) is 19.3 Å². The normalized spacial score (nSPS) is 13.0. The molecule has 3 rings (SSSR count). The van der Waals surface area contributed by atoms with Gasteiger partial charge in [-0.3, -0.25) is 4.79 Å². The van der Waals surface area contributed by atoms with Crippen LogP contribution >= 0.6 is 22.9 Å². The van der Waals surface area contributed by atoms with Gasteiger partial charge in [0.05, 0.1) is 17.0 Å². The number of fused-ring (bicyclic) bond motifs is 1. The van der Waals surface area contributed by atoms with Crippen LogP contribution in [0.5, 0.6) is 0 Å². The molecule has 0 aliphatic carbocycles. The van der Waals surface area contributed by atoms with Crippen molar-refractivity contribution in [2.75, 3.05) is 0 Å². The highest BCUT2D eigenvalue weighted by Crippen LogP contribution is 2.31. The van der Waals surface area contributed by atoms with Crippen LogP contribution < -0.4 is 5.56 Å². The van der Waals surface area contributed by atoms with Gasteiger partial charge in [0.15, 0.2) is 0 Å². The quantitative estimate of drug-likeness (QED) is 0.730. The Morgan fingerprint density at radius 2 is 2.39 bits per heavy atom. The summed E-state index contributed by atoms with van der Waals surface area (Å²) < 4.78 is 5.32. The lowest BCUT2D eigenvalue weighted by Crippen LogP contribution is -2.11. The molecule has 0 bridgehead atoms. The van der Waals surface area contributed by atoms with Gasteiger partial charge in [-0.05, 0) is 19.1 Å². The molecule has 1 N–H and O–H groups in total. The van der Waals surface area contributed by atoms with Gasteiger partial charge in [0.25, 0.3) is 5.56 Å². The maximum absolute atomic E-state index is 12.1. The third kappa shape index (κ3) is 1.76. The zero-order valence-electron chi connectivity index (χ0n) is 9.44. The third-order valence-corrected chi connectivity index (χ3v) is 3.70. The number of rotatable bonds is 2. The number of nitrogens with zero attached hydrogens (tertiary/aromatic N) is 1. The minimum Gasteiger partial charge on any atom is -0.464 e. The molecule has 18 heavy (non-hydrogen) atoms. The van der Waals surface area contributed by atoms with E-state index >= 15 is 0 Å². The van der Waals surface area contributed by atoms with E-state index in [1.807, 2.05) is 11.4 Å². The standard InChI is InChI=1S/C12H9ClN2O2S/c1-6(13)10-14-11(16)9-7(5-18-12(9)15-10)8-3-2-4-17-8/h2-6H,1H3,(H,14,15,16)/t6-/m0/s1. The molecule has 0 saturated carbocycles. The smallest absolute Gasteiger partial charge is 0.260 e. The van der Waals surface area contributed by atoms with Crippen LogP contribution in [0.1, 0.15) is 18.1 Å². The van der Waals surface area contributed by atoms with Crippen molar-refractivity contribution in [3.8, 4) is 11.3 Å². The molecule has 3 aromatic heterocycles. The Balaban J connectivity index is 2.30. The lowest BCUT2D eigenvalue weighted by atomic mass is 10.2. The summed E-state index contributed by atoms with van der Waals surface area (Å²) in [6.07, 6.45) is 1.58. The van der Waals surface area contributed by atoms with E-state index in [2.05, 4.69) is 9.97 Å². The van der Waals surface area contributed by atoms with Crippen molar-refractivity contribution in [2.45, 2.75) is 12.3 Å². The lowest BCUT2D eigenvalue weighted by Gasteiger charge is -2.01. The largest absolute Gasteiger partial charge is 0.464 e. The Morgan fingerprint density at radius 3 is 3.06 bits per heavy atom. The highest BCUT2D eigenvalue weighted by Gasteiger charge is 2.15. The van der Waals surface area contributed by atoms with E-state index in [4.69, 9.17) is 16.0 Å². The second-order valence-corrected chi connectivity index (χ2v) is 5.39. The number of hydrogen-bond donors (Lipinski definition) is 1. The molecule has 0 unspecified atom stereocenters. The Kier molecular flexibility index (Phi) is 2.72. The molecule has 6 heteroatoms. The van der Waals surface area contributed by atoms with Crippen molar-refractivity contribution in [1.82, 2.24) is 9.97 Å². The van der Waals surface area contributed by atoms with Crippen molar-refractivity contribution in [1.29, 1.82) is 0 Å². The number of alkyl halides is 1. The summed E-state index contributed by atoms with van der Waals surface area (Å²) in [4.78, 5) is 19.8. The summed E-state index contributed by atoms with van der Waals surface area (Å²) in [7, 11) is 0. The Bertz CT molecular complexity index is 743. The molecule has 4 nitrogen and oxygen atoms in total. The highest BCUT2D eigenvalue weighted by atomic mass is 35.5. The van der Waals surface area contributed by atoms with Crippen LogP contribution in [-0.2, 0) is 0 Å². The van der Waals surface area contributed by atoms with Crippen LogP contribution in [0.4, 0.5) is 0 Å². The van der Waals surface area contributed by atoms with Crippen LogP contribution in [0, 0.1) is 0 Å². The third-order valence-electron chi connectivity index (χ3n) is 2.63. The van der Waals surface area contributed by atoms with Gasteiger partial charge < -0.3 is 9.40 Å². The average molecular weight is 281 g/mol. The summed E-state index contributed by atoms with van der Waals surface area (Å²) >= 11 is 7.34. The van der Waals surface area contributed by atoms with Gasteiger partial charge in [0.1, 0.15) is 16.4 Å². The molecule has 1 atom stereocenters. The van der Waals surface area contributed by atoms with Crippen molar-refractivity contribution < 1.29 is 4.42 Å². The summed E-state index contributed by atoms with van der Waals surface area (Å²) in [6.45, 7) is 1.77. The minimum absolute atomic E-state index is 0.185. The summed E-state index contributed by atoms with van der Waals surface area (Å²) in [6, 6.07) is 3.61. The summed E-state index contributed by atoms with van der Waals surface area (Å²) in [5, 5.41) is 2.10. The topological polar surface area (TPSA) is 58.9 Å². The zero-order chi connectivity index (χ0) is 12.7. The first-order chi connectivity index (χ1) is 8.66. The van der Waals surface area contributed by atoms with Crippen LogP contribution in [0.3, 0.4) is 0 Å². The second-order valence-electron chi connectivity index (χ2n) is 3.87. The summed E-state index contributed by atoms with van der Waals surface area (Å²) in [5.41, 5.74) is 0.581. The molecule has 0 saturated heterocycles. The molecular weight excluding hydrogens is 272 g/mol. The first-order valence-electron chi connectivity index (χ1n) is 5.36. The highest BCUT2D eigenvalue weighted by molar-refractivity contribution is 7.17. The van der Waals surface area contributed by atoms with Crippen LogP contribution in [-0.4, -0.2) is 9.97 Å². The zero-order valence-corrected chi connectivity index (χ0v) is 11.0. The SMILES string of the molecule is C[C@H](Cl)c1nc2scc(-c3ccco3)c2c(=O)[nH]1. The number of aromatic nitrogens is 2. The van der Waals surface area contributed by atoms with Gasteiger partial charge in [0, 0.05) is 10.9 Å². The molecule has 0 fully saturated rings. The maximum Gasteiger partial charge on any atom is 0.260 e. The van der Waals surface area contributed by atoms with E-state index in [9.17, 15) is 4.79 Å². The van der Waals surface area contributed by atoms with Crippen molar-refractivity contribution in [3.05, 3.63) is 40.0 Å².